The fraction of sp³-hybridized carbons (Fsp3) is 0.174. The molecule has 1 aromatic heterocycles. The Morgan fingerprint density at radius 1 is 1.03 bits per heavy atom. The third-order valence-corrected chi connectivity index (χ3v) is 4.50. The summed E-state index contributed by atoms with van der Waals surface area (Å²) >= 11 is 0. The van der Waals surface area contributed by atoms with Crippen LogP contribution in [0.3, 0.4) is 0 Å². The lowest BCUT2D eigenvalue weighted by atomic mass is 10.1. The number of carbonyl (C=O) groups excluding carboxylic acids is 2. The quantitative estimate of drug-likeness (QED) is 0.646. The van der Waals surface area contributed by atoms with Crippen LogP contribution >= 0.6 is 0 Å². The van der Waals surface area contributed by atoms with Crippen molar-refractivity contribution in [1.82, 2.24) is 10.3 Å². The molecule has 0 unspecified atom stereocenters. The normalized spacial score (nSPS) is 10.3. The zero-order valence-corrected chi connectivity index (χ0v) is 16.4. The fourth-order valence-electron chi connectivity index (χ4n) is 2.76. The van der Waals surface area contributed by atoms with E-state index in [9.17, 15) is 9.59 Å². The van der Waals surface area contributed by atoms with Gasteiger partial charge in [-0.25, -0.2) is 0 Å². The highest BCUT2D eigenvalue weighted by Crippen LogP contribution is 2.20. The topological polar surface area (TPSA) is 80.3 Å². The van der Waals surface area contributed by atoms with Crippen molar-refractivity contribution in [3.63, 3.8) is 0 Å². The predicted molar refractivity (Wildman–Crippen MR) is 112 cm³/mol. The maximum Gasteiger partial charge on any atom is 0.262 e. The molecule has 0 aliphatic carbocycles. The van der Waals surface area contributed by atoms with E-state index in [1.807, 2.05) is 50.2 Å². The summed E-state index contributed by atoms with van der Waals surface area (Å²) in [5.41, 5.74) is 4.15. The summed E-state index contributed by atoms with van der Waals surface area (Å²) < 4.78 is 5.63. The smallest absolute Gasteiger partial charge is 0.262 e. The molecule has 0 aliphatic heterocycles. The van der Waals surface area contributed by atoms with E-state index in [4.69, 9.17) is 4.74 Å². The SMILES string of the molecule is Cc1cccc(OCC(=O)Nc2cccc(CNC(=O)c3cccnc3)c2)c1C. The molecule has 29 heavy (non-hydrogen) atoms. The summed E-state index contributed by atoms with van der Waals surface area (Å²) in [6.45, 7) is 4.23. The highest BCUT2D eigenvalue weighted by Gasteiger charge is 2.08. The van der Waals surface area contributed by atoms with Gasteiger partial charge in [-0.05, 0) is 60.9 Å². The second-order valence-electron chi connectivity index (χ2n) is 6.66. The largest absolute Gasteiger partial charge is 0.483 e. The third kappa shape index (κ3) is 5.65. The van der Waals surface area contributed by atoms with Crippen LogP contribution < -0.4 is 15.4 Å². The summed E-state index contributed by atoms with van der Waals surface area (Å²) in [7, 11) is 0. The molecule has 2 N–H and O–H groups in total. The van der Waals surface area contributed by atoms with Crippen LogP contribution in [0.1, 0.15) is 27.0 Å². The van der Waals surface area contributed by atoms with Gasteiger partial charge in [-0.3, -0.25) is 14.6 Å². The van der Waals surface area contributed by atoms with Crippen molar-refractivity contribution in [2.45, 2.75) is 20.4 Å². The molecule has 0 saturated carbocycles. The number of pyridine rings is 1. The van der Waals surface area contributed by atoms with Gasteiger partial charge in [0.05, 0.1) is 5.56 Å². The van der Waals surface area contributed by atoms with Gasteiger partial charge < -0.3 is 15.4 Å². The molecule has 0 bridgehead atoms. The van der Waals surface area contributed by atoms with Crippen molar-refractivity contribution in [3.05, 3.63) is 89.2 Å². The van der Waals surface area contributed by atoms with Gasteiger partial charge in [0.15, 0.2) is 6.61 Å². The fourth-order valence-corrected chi connectivity index (χ4v) is 2.76. The van der Waals surface area contributed by atoms with Crippen LogP contribution in [0.5, 0.6) is 5.75 Å². The van der Waals surface area contributed by atoms with Crippen LogP contribution in [-0.2, 0) is 11.3 Å². The number of aromatic nitrogens is 1. The van der Waals surface area contributed by atoms with Crippen LogP contribution in [0.2, 0.25) is 0 Å². The Labute approximate surface area is 169 Å². The molecule has 3 rings (SSSR count). The first-order valence-electron chi connectivity index (χ1n) is 9.29. The second-order valence-corrected chi connectivity index (χ2v) is 6.66. The number of benzene rings is 2. The van der Waals surface area contributed by atoms with Crippen LogP contribution in [0, 0.1) is 13.8 Å². The van der Waals surface area contributed by atoms with Gasteiger partial charge in [-0.15, -0.1) is 0 Å². The summed E-state index contributed by atoms with van der Waals surface area (Å²) in [6, 6.07) is 16.5. The molecule has 3 aromatic rings. The molecule has 2 aromatic carbocycles. The van der Waals surface area contributed by atoms with Gasteiger partial charge in [0.1, 0.15) is 5.75 Å². The first-order chi connectivity index (χ1) is 14.0. The molecule has 0 radical (unpaired) electrons. The zero-order chi connectivity index (χ0) is 20.6. The van der Waals surface area contributed by atoms with E-state index in [0.29, 0.717) is 23.5 Å². The molecule has 0 atom stereocenters. The van der Waals surface area contributed by atoms with E-state index in [1.54, 1.807) is 24.4 Å². The molecule has 6 nitrogen and oxygen atoms in total. The first-order valence-corrected chi connectivity index (χ1v) is 9.29. The van der Waals surface area contributed by atoms with Crippen molar-refractivity contribution in [2.24, 2.45) is 0 Å². The van der Waals surface area contributed by atoms with Crippen LogP contribution in [0.4, 0.5) is 5.69 Å². The Hall–Kier alpha value is -3.67. The Bertz CT molecular complexity index is 1000. The number of nitrogens with one attached hydrogen (secondary N) is 2. The minimum Gasteiger partial charge on any atom is -0.483 e. The monoisotopic (exact) mass is 389 g/mol. The molecule has 148 valence electrons. The third-order valence-electron chi connectivity index (χ3n) is 4.50. The number of rotatable bonds is 7. The van der Waals surface area contributed by atoms with Crippen LogP contribution in [-0.4, -0.2) is 23.4 Å². The average Bonchev–Trinajstić information content (AvgIpc) is 2.74. The number of hydrogen-bond donors (Lipinski definition) is 2. The van der Waals surface area contributed by atoms with Crippen molar-refractivity contribution >= 4 is 17.5 Å². The first kappa shape index (κ1) is 20.1. The van der Waals surface area contributed by atoms with Crippen molar-refractivity contribution < 1.29 is 14.3 Å². The lowest BCUT2D eigenvalue weighted by molar-refractivity contribution is -0.118. The lowest BCUT2D eigenvalue weighted by Gasteiger charge is -2.12. The number of carbonyl (C=O) groups is 2. The summed E-state index contributed by atoms with van der Waals surface area (Å²) in [5.74, 6) is 0.254. The number of anilines is 1. The van der Waals surface area contributed by atoms with E-state index < -0.39 is 0 Å². The maximum atomic E-state index is 12.2. The Morgan fingerprint density at radius 2 is 1.86 bits per heavy atom. The van der Waals surface area contributed by atoms with Crippen molar-refractivity contribution in [2.75, 3.05) is 11.9 Å². The van der Waals surface area contributed by atoms with Gasteiger partial charge >= 0.3 is 0 Å². The molecule has 0 spiro atoms. The number of hydrogen-bond acceptors (Lipinski definition) is 4. The second kappa shape index (κ2) is 9.50. The molecular weight excluding hydrogens is 366 g/mol. The number of amides is 2. The standard InChI is InChI=1S/C23H23N3O3/c1-16-6-3-10-21(17(16)2)29-15-22(27)26-20-9-4-7-18(12-20)13-25-23(28)19-8-5-11-24-14-19/h3-12,14H,13,15H2,1-2H3,(H,25,28)(H,26,27). The van der Waals surface area contributed by atoms with Gasteiger partial charge in [-0.2, -0.15) is 0 Å². The number of nitrogens with zero attached hydrogens (tertiary/aromatic N) is 1. The maximum absolute atomic E-state index is 12.2. The minimum absolute atomic E-state index is 0.0771. The van der Waals surface area contributed by atoms with Gasteiger partial charge in [0.25, 0.3) is 11.8 Å². The highest BCUT2D eigenvalue weighted by molar-refractivity contribution is 5.94. The predicted octanol–water partition coefficient (Wildman–Crippen LogP) is 3.65. The Balaban J connectivity index is 1.53. The summed E-state index contributed by atoms with van der Waals surface area (Å²) in [5, 5.41) is 5.66. The molecule has 0 aliphatic rings. The Kier molecular flexibility index (Phi) is 6.58. The summed E-state index contributed by atoms with van der Waals surface area (Å²) in [6.07, 6.45) is 3.13. The van der Waals surface area contributed by atoms with Crippen LogP contribution in [0.25, 0.3) is 0 Å². The molecule has 2 amide bonds. The van der Waals surface area contributed by atoms with Gasteiger partial charge in [0, 0.05) is 24.6 Å². The van der Waals surface area contributed by atoms with E-state index >= 15 is 0 Å². The lowest BCUT2D eigenvalue weighted by Crippen LogP contribution is -2.23. The van der Waals surface area contributed by atoms with E-state index in [-0.39, 0.29) is 18.4 Å². The van der Waals surface area contributed by atoms with Gasteiger partial charge in [0.2, 0.25) is 0 Å². The average molecular weight is 389 g/mol. The molecule has 0 saturated heterocycles. The summed E-state index contributed by atoms with van der Waals surface area (Å²) in [4.78, 5) is 28.3. The molecular formula is C23H23N3O3. The van der Waals surface area contributed by atoms with Crippen LogP contribution in [0.15, 0.2) is 67.0 Å². The van der Waals surface area contributed by atoms with E-state index in [2.05, 4.69) is 15.6 Å². The highest BCUT2D eigenvalue weighted by atomic mass is 16.5. The van der Waals surface area contributed by atoms with Crippen molar-refractivity contribution in [3.8, 4) is 5.75 Å². The van der Waals surface area contributed by atoms with Crippen molar-refractivity contribution in [1.29, 1.82) is 0 Å². The van der Waals surface area contributed by atoms with E-state index in [1.165, 1.54) is 6.20 Å². The molecule has 6 heteroatoms. The Morgan fingerprint density at radius 3 is 2.66 bits per heavy atom. The molecule has 1 heterocycles. The van der Waals surface area contributed by atoms with E-state index in [0.717, 1.165) is 16.7 Å². The minimum atomic E-state index is -0.248. The van der Waals surface area contributed by atoms with Gasteiger partial charge in [-0.1, -0.05) is 24.3 Å². The number of aryl methyl sites for hydroxylation is 1. The molecule has 0 fully saturated rings. The zero-order valence-electron chi connectivity index (χ0n) is 16.4. The number of ether oxygens (including phenoxy) is 1.